The topological polar surface area (TPSA) is 63.6 Å². The van der Waals surface area contributed by atoms with Gasteiger partial charge < -0.3 is 9.84 Å². The Hall–Kier alpha value is -1.94. The SMILES string of the molecule is COCc1ccc(O)c2c1C(=O)C=CC2=O. The van der Waals surface area contributed by atoms with E-state index in [0.717, 1.165) is 0 Å². The summed E-state index contributed by atoms with van der Waals surface area (Å²) < 4.78 is 4.95. The molecule has 16 heavy (non-hydrogen) atoms. The largest absolute Gasteiger partial charge is 0.507 e. The van der Waals surface area contributed by atoms with Crippen molar-refractivity contribution >= 4 is 11.6 Å². The molecule has 0 fully saturated rings. The molecule has 2 rings (SSSR count). The number of ether oxygens (including phenoxy) is 1. The highest BCUT2D eigenvalue weighted by Gasteiger charge is 2.25. The Kier molecular flexibility index (Phi) is 2.58. The van der Waals surface area contributed by atoms with E-state index in [2.05, 4.69) is 0 Å². The Morgan fingerprint density at radius 3 is 2.38 bits per heavy atom. The average Bonchev–Trinajstić information content (AvgIpc) is 2.26. The summed E-state index contributed by atoms with van der Waals surface area (Å²) in [5, 5.41) is 9.59. The van der Waals surface area contributed by atoms with Gasteiger partial charge in [0.1, 0.15) is 5.75 Å². The molecule has 1 aliphatic carbocycles. The van der Waals surface area contributed by atoms with Crippen LogP contribution in [0.1, 0.15) is 26.3 Å². The number of carbonyl (C=O) groups is 2. The van der Waals surface area contributed by atoms with Crippen LogP contribution in [-0.2, 0) is 11.3 Å². The number of phenols is 1. The number of fused-ring (bicyclic) bond motifs is 1. The standard InChI is InChI=1S/C12H10O4/c1-16-6-7-2-3-9(14)12-10(15)5-4-8(13)11(7)12/h2-5,14H,6H2,1H3. The van der Waals surface area contributed by atoms with Gasteiger partial charge in [-0.1, -0.05) is 6.07 Å². The number of methoxy groups -OCH3 is 1. The molecule has 82 valence electrons. The van der Waals surface area contributed by atoms with E-state index in [4.69, 9.17) is 4.74 Å². The third-order valence-electron chi connectivity index (χ3n) is 2.45. The summed E-state index contributed by atoms with van der Waals surface area (Å²) in [6.45, 7) is 0.232. The van der Waals surface area contributed by atoms with Crippen LogP contribution in [0.25, 0.3) is 0 Å². The fourth-order valence-corrected chi connectivity index (χ4v) is 1.76. The first-order chi connectivity index (χ1) is 7.65. The first-order valence-electron chi connectivity index (χ1n) is 4.75. The highest BCUT2D eigenvalue weighted by molar-refractivity contribution is 6.23. The Balaban J connectivity index is 2.68. The lowest BCUT2D eigenvalue weighted by Gasteiger charge is -2.14. The zero-order valence-electron chi connectivity index (χ0n) is 8.69. The number of aromatic hydroxyl groups is 1. The van der Waals surface area contributed by atoms with Crippen molar-refractivity contribution in [2.24, 2.45) is 0 Å². The second kappa shape index (κ2) is 3.90. The molecule has 1 aliphatic rings. The van der Waals surface area contributed by atoms with E-state index < -0.39 is 0 Å². The van der Waals surface area contributed by atoms with E-state index in [1.54, 1.807) is 6.07 Å². The molecule has 1 N–H and O–H groups in total. The summed E-state index contributed by atoms with van der Waals surface area (Å²) in [5.41, 5.74) is 0.925. The molecule has 0 unspecified atom stereocenters. The van der Waals surface area contributed by atoms with Crippen molar-refractivity contribution in [3.8, 4) is 5.75 Å². The van der Waals surface area contributed by atoms with Crippen molar-refractivity contribution < 1.29 is 19.4 Å². The lowest BCUT2D eigenvalue weighted by atomic mass is 9.90. The van der Waals surface area contributed by atoms with E-state index in [9.17, 15) is 14.7 Å². The van der Waals surface area contributed by atoms with Gasteiger partial charge in [0.15, 0.2) is 11.6 Å². The summed E-state index contributed by atoms with van der Waals surface area (Å²) in [6.07, 6.45) is 2.38. The van der Waals surface area contributed by atoms with E-state index in [1.807, 2.05) is 0 Å². The third-order valence-corrected chi connectivity index (χ3v) is 2.45. The van der Waals surface area contributed by atoms with Crippen LogP contribution in [-0.4, -0.2) is 23.8 Å². The Bertz CT molecular complexity index is 500. The van der Waals surface area contributed by atoms with Crippen molar-refractivity contribution in [2.75, 3.05) is 7.11 Å². The van der Waals surface area contributed by atoms with Crippen LogP contribution >= 0.6 is 0 Å². The van der Waals surface area contributed by atoms with E-state index in [0.29, 0.717) is 5.56 Å². The molecule has 4 nitrogen and oxygen atoms in total. The highest BCUT2D eigenvalue weighted by Crippen LogP contribution is 2.29. The fraction of sp³-hybridized carbons (Fsp3) is 0.167. The minimum atomic E-state index is -0.356. The van der Waals surface area contributed by atoms with Crippen LogP contribution in [0.2, 0.25) is 0 Å². The summed E-state index contributed by atoms with van der Waals surface area (Å²) in [4.78, 5) is 23.2. The summed E-state index contributed by atoms with van der Waals surface area (Å²) in [6, 6.07) is 2.99. The number of hydrogen-bond acceptors (Lipinski definition) is 4. The molecule has 0 bridgehead atoms. The smallest absolute Gasteiger partial charge is 0.190 e. The number of ketones is 2. The van der Waals surface area contributed by atoms with Gasteiger partial charge in [0.05, 0.1) is 12.2 Å². The van der Waals surface area contributed by atoms with Crippen LogP contribution in [0.15, 0.2) is 24.3 Å². The zero-order valence-corrected chi connectivity index (χ0v) is 8.69. The molecule has 1 aromatic rings. The van der Waals surface area contributed by atoms with Gasteiger partial charge in [0.25, 0.3) is 0 Å². The maximum atomic E-state index is 11.7. The molecule has 1 aromatic carbocycles. The van der Waals surface area contributed by atoms with Crippen molar-refractivity contribution in [3.63, 3.8) is 0 Å². The molecule has 0 radical (unpaired) electrons. The van der Waals surface area contributed by atoms with Gasteiger partial charge in [-0.15, -0.1) is 0 Å². The first-order valence-corrected chi connectivity index (χ1v) is 4.75. The Labute approximate surface area is 92.2 Å². The van der Waals surface area contributed by atoms with Gasteiger partial charge in [-0.2, -0.15) is 0 Å². The molecule has 0 saturated heterocycles. The predicted octanol–water partition coefficient (Wildman–Crippen LogP) is 1.47. The molecule has 0 aliphatic heterocycles. The molecule has 0 amide bonds. The van der Waals surface area contributed by atoms with Crippen LogP contribution in [0.4, 0.5) is 0 Å². The van der Waals surface area contributed by atoms with Crippen molar-refractivity contribution in [3.05, 3.63) is 41.0 Å². The summed E-state index contributed by atoms with van der Waals surface area (Å²) in [5.74, 6) is -0.805. The highest BCUT2D eigenvalue weighted by atomic mass is 16.5. The number of benzene rings is 1. The van der Waals surface area contributed by atoms with Crippen LogP contribution < -0.4 is 0 Å². The number of allylic oxidation sites excluding steroid dienone is 2. The molecule has 0 atom stereocenters. The average molecular weight is 218 g/mol. The van der Waals surface area contributed by atoms with Gasteiger partial charge >= 0.3 is 0 Å². The van der Waals surface area contributed by atoms with Gasteiger partial charge in [-0.05, 0) is 23.8 Å². The molecular weight excluding hydrogens is 208 g/mol. The number of hydrogen-bond donors (Lipinski definition) is 1. The van der Waals surface area contributed by atoms with Gasteiger partial charge in [-0.3, -0.25) is 9.59 Å². The van der Waals surface area contributed by atoms with Gasteiger partial charge in [-0.25, -0.2) is 0 Å². The maximum absolute atomic E-state index is 11.7. The van der Waals surface area contributed by atoms with Crippen molar-refractivity contribution in [1.82, 2.24) is 0 Å². The summed E-state index contributed by atoms with van der Waals surface area (Å²) in [7, 11) is 1.50. The number of phenolic OH excluding ortho intramolecular Hbond substituents is 1. The quantitative estimate of drug-likeness (QED) is 0.816. The molecule has 0 saturated carbocycles. The van der Waals surface area contributed by atoms with E-state index in [1.165, 1.54) is 25.3 Å². The minimum absolute atomic E-state index is 0.0713. The predicted molar refractivity (Wildman–Crippen MR) is 56.6 cm³/mol. The first kappa shape index (κ1) is 10.6. The monoisotopic (exact) mass is 218 g/mol. The molecule has 4 heteroatoms. The number of rotatable bonds is 2. The molecule has 0 aromatic heterocycles. The second-order valence-electron chi connectivity index (χ2n) is 3.49. The Morgan fingerprint density at radius 1 is 1.12 bits per heavy atom. The molecule has 0 spiro atoms. The minimum Gasteiger partial charge on any atom is -0.507 e. The lowest BCUT2D eigenvalue weighted by molar-refractivity contribution is 0.0988. The lowest BCUT2D eigenvalue weighted by Crippen LogP contribution is -2.15. The van der Waals surface area contributed by atoms with Crippen molar-refractivity contribution in [2.45, 2.75) is 6.61 Å². The van der Waals surface area contributed by atoms with Crippen molar-refractivity contribution in [1.29, 1.82) is 0 Å². The van der Waals surface area contributed by atoms with Gasteiger partial charge in [0, 0.05) is 12.7 Å². The van der Waals surface area contributed by atoms with E-state index >= 15 is 0 Å². The third kappa shape index (κ3) is 1.53. The van der Waals surface area contributed by atoms with Gasteiger partial charge in [0.2, 0.25) is 0 Å². The van der Waals surface area contributed by atoms with E-state index in [-0.39, 0.29) is 35.0 Å². The fourth-order valence-electron chi connectivity index (χ4n) is 1.76. The Morgan fingerprint density at radius 2 is 1.75 bits per heavy atom. The normalized spacial score (nSPS) is 14.1. The molecular formula is C12H10O4. The number of carbonyl (C=O) groups excluding carboxylic acids is 2. The second-order valence-corrected chi connectivity index (χ2v) is 3.49. The van der Waals surface area contributed by atoms with Crippen LogP contribution in [0, 0.1) is 0 Å². The molecule has 0 heterocycles. The summed E-state index contributed by atoms with van der Waals surface area (Å²) >= 11 is 0. The zero-order chi connectivity index (χ0) is 11.7. The van der Waals surface area contributed by atoms with Crippen LogP contribution in [0.5, 0.6) is 5.75 Å². The van der Waals surface area contributed by atoms with Crippen LogP contribution in [0.3, 0.4) is 0 Å². The maximum Gasteiger partial charge on any atom is 0.190 e.